The number of para-hydroxylation sites is 1. The van der Waals surface area contributed by atoms with Gasteiger partial charge < -0.3 is 4.57 Å². The lowest BCUT2D eigenvalue weighted by atomic mass is 9.94. The zero-order valence-electron chi connectivity index (χ0n) is 26.8. The normalized spacial score (nSPS) is 12.0. The van der Waals surface area contributed by atoms with E-state index in [2.05, 4.69) is 162 Å². The maximum atomic E-state index is 4.78. The second-order valence-corrected chi connectivity index (χ2v) is 14.0. The molecular formula is C46H27N3S. The third-order valence-corrected chi connectivity index (χ3v) is 11.5. The molecule has 0 saturated carbocycles. The Balaban J connectivity index is 1.09. The minimum atomic E-state index is 0.913. The van der Waals surface area contributed by atoms with Gasteiger partial charge in [-0.25, -0.2) is 9.97 Å². The van der Waals surface area contributed by atoms with Crippen LogP contribution in [0.4, 0.5) is 0 Å². The van der Waals surface area contributed by atoms with Gasteiger partial charge in [0, 0.05) is 47.8 Å². The molecule has 50 heavy (non-hydrogen) atoms. The Labute approximate surface area is 291 Å². The summed E-state index contributed by atoms with van der Waals surface area (Å²) in [6, 6.07) is 57.2. The molecule has 0 N–H and O–H groups in total. The van der Waals surface area contributed by atoms with Crippen molar-refractivity contribution >= 4 is 85.6 Å². The molecule has 0 saturated heterocycles. The van der Waals surface area contributed by atoms with Crippen LogP contribution in [0.5, 0.6) is 0 Å². The standard InChI is InChI=1S/C46H27N3S/c1-2-12-32-30(10-1)31-11-3-4-13-33(31)39-25-29(21-22-34(32)39)49-43-18-7-5-14-35(43)40-24-28(20-23-44(40)49)41-26-42(48-27-47-41)38-17-9-16-37-36-15-6-8-19-45(36)50-46(37)38/h1-27H. The molecule has 3 heterocycles. The summed E-state index contributed by atoms with van der Waals surface area (Å²) in [4.78, 5) is 9.55. The first-order valence-corrected chi connectivity index (χ1v) is 17.7. The van der Waals surface area contributed by atoms with Crippen LogP contribution in [0.2, 0.25) is 0 Å². The van der Waals surface area contributed by atoms with Crippen molar-refractivity contribution in [3.8, 4) is 28.2 Å². The predicted octanol–water partition coefficient (Wildman–Crippen LogP) is 12.7. The number of thiophene rings is 1. The van der Waals surface area contributed by atoms with Crippen molar-refractivity contribution in [2.24, 2.45) is 0 Å². The highest BCUT2D eigenvalue weighted by molar-refractivity contribution is 7.26. The first kappa shape index (κ1) is 27.6. The van der Waals surface area contributed by atoms with E-state index in [0.29, 0.717) is 0 Å². The van der Waals surface area contributed by atoms with Crippen molar-refractivity contribution < 1.29 is 0 Å². The molecule has 3 nitrogen and oxygen atoms in total. The summed E-state index contributed by atoms with van der Waals surface area (Å²) in [5.74, 6) is 0. The van der Waals surface area contributed by atoms with Crippen LogP contribution in [0.1, 0.15) is 0 Å². The van der Waals surface area contributed by atoms with Crippen LogP contribution in [-0.4, -0.2) is 14.5 Å². The number of benzene rings is 8. The fraction of sp³-hybridized carbons (Fsp3) is 0. The predicted molar refractivity (Wildman–Crippen MR) is 213 cm³/mol. The van der Waals surface area contributed by atoms with Crippen molar-refractivity contribution in [2.45, 2.75) is 0 Å². The van der Waals surface area contributed by atoms with Crippen LogP contribution in [-0.2, 0) is 0 Å². The van der Waals surface area contributed by atoms with Gasteiger partial charge in [-0.2, -0.15) is 0 Å². The summed E-state index contributed by atoms with van der Waals surface area (Å²) < 4.78 is 4.96. The van der Waals surface area contributed by atoms with Gasteiger partial charge in [-0.15, -0.1) is 11.3 Å². The minimum Gasteiger partial charge on any atom is -0.309 e. The van der Waals surface area contributed by atoms with E-state index in [1.54, 1.807) is 6.33 Å². The number of hydrogen-bond acceptors (Lipinski definition) is 3. The Kier molecular flexibility index (Phi) is 5.83. The van der Waals surface area contributed by atoms with Crippen LogP contribution in [0.15, 0.2) is 164 Å². The van der Waals surface area contributed by atoms with Gasteiger partial charge in [0.15, 0.2) is 0 Å². The highest BCUT2D eigenvalue weighted by Crippen LogP contribution is 2.41. The average molecular weight is 654 g/mol. The van der Waals surface area contributed by atoms with Crippen molar-refractivity contribution in [3.63, 3.8) is 0 Å². The Morgan fingerprint density at radius 3 is 1.82 bits per heavy atom. The summed E-state index contributed by atoms with van der Waals surface area (Å²) in [6.45, 7) is 0. The summed E-state index contributed by atoms with van der Waals surface area (Å²) in [7, 11) is 0. The lowest BCUT2D eigenvalue weighted by Gasteiger charge is -2.14. The minimum absolute atomic E-state index is 0.913. The largest absolute Gasteiger partial charge is 0.309 e. The molecule has 0 atom stereocenters. The molecule has 3 aromatic heterocycles. The Hall–Kier alpha value is -6.36. The van der Waals surface area contributed by atoms with Crippen LogP contribution in [0.3, 0.4) is 0 Å². The molecular weight excluding hydrogens is 627 g/mol. The van der Waals surface area contributed by atoms with Gasteiger partial charge in [0.05, 0.1) is 22.4 Å². The van der Waals surface area contributed by atoms with Crippen molar-refractivity contribution in [1.82, 2.24) is 14.5 Å². The third kappa shape index (κ3) is 3.97. The molecule has 0 spiro atoms. The van der Waals surface area contributed by atoms with E-state index in [9.17, 15) is 0 Å². The Bertz CT molecular complexity index is 3130. The van der Waals surface area contributed by atoms with E-state index < -0.39 is 0 Å². The van der Waals surface area contributed by atoms with E-state index in [1.807, 2.05) is 11.3 Å². The number of hydrogen-bond donors (Lipinski definition) is 0. The van der Waals surface area contributed by atoms with Gasteiger partial charge in [-0.3, -0.25) is 0 Å². The van der Waals surface area contributed by atoms with E-state index in [4.69, 9.17) is 9.97 Å². The van der Waals surface area contributed by atoms with Crippen LogP contribution < -0.4 is 0 Å². The quantitative estimate of drug-likeness (QED) is 0.178. The van der Waals surface area contributed by atoms with Gasteiger partial charge in [0.2, 0.25) is 0 Å². The fourth-order valence-electron chi connectivity index (χ4n) is 8.06. The summed E-state index contributed by atoms with van der Waals surface area (Å²) in [5.41, 5.74) is 7.57. The van der Waals surface area contributed by atoms with Crippen molar-refractivity contribution in [2.75, 3.05) is 0 Å². The van der Waals surface area contributed by atoms with Crippen molar-refractivity contribution in [3.05, 3.63) is 164 Å². The van der Waals surface area contributed by atoms with E-state index in [1.165, 1.54) is 74.3 Å². The van der Waals surface area contributed by atoms with E-state index >= 15 is 0 Å². The SMILES string of the molecule is c1ccc2c(c1)sc1c(-c3cc(-c4ccc5c(c4)c4ccccc4n5-c4ccc5c6ccccc6c6ccccc6c5c4)ncn3)cccc12. The Morgan fingerprint density at radius 1 is 0.400 bits per heavy atom. The number of rotatable bonds is 3. The number of nitrogens with zero attached hydrogens (tertiary/aromatic N) is 3. The molecule has 0 fully saturated rings. The first-order chi connectivity index (χ1) is 24.8. The molecule has 0 bridgehead atoms. The molecule has 0 radical (unpaired) electrons. The van der Waals surface area contributed by atoms with Gasteiger partial charge in [0.1, 0.15) is 6.33 Å². The van der Waals surface area contributed by atoms with Gasteiger partial charge in [-0.05, 0) is 74.8 Å². The second-order valence-electron chi connectivity index (χ2n) is 13.0. The van der Waals surface area contributed by atoms with E-state index in [0.717, 1.165) is 28.2 Å². The van der Waals surface area contributed by atoms with Gasteiger partial charge in [0.25, 0.3) is 0 Å². The molecule has 11 rings (SSSR count). The summed E-state index contributed by atoms with van der Waals surface area (Å²) in [6.07, 6.45) is 1.70. The maximum absolute atomic E-state index is 4.78. The molecule has 0 aliphatic heterocycles. The van der Waals surface area contributed by atoms with Gasteiger partial charge >= 0.3 is 0 Å². The molecule has 4 heteroatoms. The zero-order valence-corrected chi connectivity index (χ0v) is 27.7. The molecule has 0 aliphatic carbocycles. The fourth-order valence-corrected chi connectivity index (χ4v) is 9.28. The molecule has 0 unspecified atom stereocenters. The highest BCUT2D eigenvalue weighted by atomic mass is 32.1. The van der Waals surface area contributed by atoms with Crippen molar-refractivity contribution in [1.29, 1.82) is 0 Å². The highest BCUT2D eigenvalue weighted by Gasteiger charge is 2.17. The monoisotopic (exact) mass is 653 g/mol. The van der Waals surface area contributed by atoms with E-state index in [-0.39, 0.29) is 0 Å². The first-order valence-electron chi connectivity index (χ1n) is 16.9. The van der Waals surface area contributed by atoms with Gasteiger partial charge in [-0.1, -0.05) is 115 Å². The molecule has 8 aromatic carbocycles. The summed E-state index contributed by atoms with van der Waals surface area (Å²) in [5, 5.41) is 12.7. The molecule has 0 amide bonds. The molecule has 232 valence electrons. The zero-order chi connectivity index (χ0) is 32.8. The number of fused-ring (bicyclic) bond motifs is 12. The Morgan fingerprint density at radius 2 is 1.02 bits per heavy atom. The average Bonchev–Trinajstić information content (AvgIpc) is 3.73. The topological polar surface area (TPSA) is 30.7 Å². The lowest BCUT2D eigenvalue weighted by Crippen LogP contribution is -1.95. The molecule has 11 aromatic rings. The third-order valence-electron chi connectivity index (χ3n) is 10.3. The molecule has 0 aliphatic rings. The summed E-state index contributed by atoms with van der Waals surface area (Å²) >= 11 is 1.83. The van der Waals surface area contributed by atoms with Crippen LogP contribution in [0, 0.1) is 0 Å². The maximum Gasteiger partial charge on any atom is 0.116 e. The number of aromatic nitrogens is 3. The lowest BCUT2D eigenvalue weighted by molar-refractivity contribution is 1.18. The van der Waals surface area contributed by atoms with Crippen LogP contribution >= 0.6 is 11.3 Å². The smallest absolute Gasteiger partial charge is 0.116 e. The second kappa shape index (κ2) is 10.6. The van der Waals surface area contributed by atoms with Crippen LogP contribution in [0.25, 0.3) is 102 Å².